The molecular weight excluding hydrogens is 434 g/mol. The molecule has 1 fully saturated rings. The number of aryl methyl sites for hydroxylation is 1. The Kier molecular flexibility index (Phi) is 5.21. The number of likely N-dealkylation sites (tertiary alicyclic amines) is 1. The van der Waals surface area contributed by atoms with E-state index in [0.29, 0.717) is 6.61 Å². The van der Waals surface area contributed by atoms with Gasteiger partial charge in [0.2, 0.25) is 0 Å². The summed E-state index contributed by atoms with van der Waals surface area (Å²) < 4.78 is 6.49. The number of halogens is 1. The minimum absolute atomic E-state index is 0.135. The molecular formula is C27H28ClN3O2. The fourth-order valence-electron chi connectivity index (χ4n) is 5.19. The predicted octanol–water partition coefficient (Wildman–Crippen LogP) is 6.14. The second-order valence-corrected chi connectivity index (χ2v) is 9.75. The SMILES string of the molecule is Cc1ccc2[nH]c3c(OCCCN4CCC(O)CC4)c4[nH]c5ccc(Cl)cc5c4cc3c2c1. The van der Waals surface area contributed by atoms with Gasteiger partial charge in [-0.05, 0) is 62.6 Å². The van der Waals surface area contributed by atoms with Crippen molar-refractivity contribution < 1.29 is 9.84 Å². The van der Waals surface area contributed by atoms with E-state index in [1.807, 2.05) is 18.2 Å². The number of nitrogens with zero attached hydrogens (tertiary/aromatic N) is 1. The highest BCUT2D eigenvalue weighted by Crippen LogP contribution is 2.41. The molecule has 1 aliphatic heterocycles. The van der Waals surface area contributed by atoms with Crippen LogP contribution in [0.4, 0.5) is 0 Å². The van der Waals surface area contributed by atoms with Gasteiger partial charge in [-0.25, -0.2) is 0 Å². The first-order valence-corrected chi connectivity index (χ1v) is 12.1. The van der Waals surface area contributed by atoms with Gasteiger partial charge in [-0.2, -0.15) is 0 Å². The number of hydrogen-bond acceptors (Lipinski definition) is 3. The Morgan fingerprint density at radius 2 is 1.61 bits per heavy atom. The maximum Gasteiger partial charge on any atom is 0.167 e. The molecule has 5 nitrogen and oxygen atoms in total. The lowest BCUT2D eigenvalue weighted by Crippen LogP contribution is -2.36. The lowest BCUT2D eigenvalue weighted by Gasteiger charge is -2.29. The predicted molar refractivity (Wildman–Crippen MR) is 137 cm³/mol. The quantitative estimate of drug-likeness (QED) is 0.275. The third-order valence-electron chi connectivity index (χ3n) is 6.96. The number of ether oxygens (including phenoxy) is 1. The Hall–Kier alpha value is -2.73. The summed E-state index contributed by atoms with van der Waals surface area (Å²) in [4.78, 5) is 9.60. The Balaban J connectivity index is 1.41. The van der Waals surface area contributed by atoms with Crippen molar-refractivity contribution >= 4 is 55.2 Å². The molecule has 0 amide bonds. The summed E-state index contributed by atoms with van der Waals surface area (Å²) >= 11 is 6.34. The van der Waals surface area contributed by atoms with E-state index >= 15 is 0 Å². The Labute approximate surface area is 197 Å². The second kappa shape index (κ2) is 8.24. The van der Waals surface area contributed by atoms with Crippen molar-refractivity contribution in [2.75, 3.05) is 26.2 Å². The van der Waals surface area contributed by atoms with Gasteiger partial charge < -0.3 is 24.7 Å². The Morgan fingerprint density at radius 1 is 0.939 bits per heavy atom. The van der Waals surface area contributed by atoms with Gasteiger partial charge >= 0.3 is 0 Å². The first kappa shape index (κ1) is 20.8. The number of rotatable bonds is 5. The molecule has 1 saturated heterocycles. The summed E-state index contributed by atoms with van der Waals surface area (Å²) in [6, 6.07) is 14.7. The lowest BCUT2D eigenvalue weighted by atomic mass is 10.1. The normalized spacial score (nSPS) is 16.0. The fraction of sp³-hybridized carbons (Fsp3) is 0.333. The van der Waals surface area contributed by atoms with Gasteiger partial charge in [0.1, 0.15) is 0 Å². The number of aliphatic hydroxyl groups excluding tert-OH is 1. The molecule has 3 aromatic carbocycles. The third kappa shape index (κ3) is 3.74. The van der Waals surface area contributed by atoms with Crippen molar-refractivity contribution in [2.24, 2.45) is 0 Å². The van der Waals surface area contributed by atoms with Gasteiger partial charge in [0, 0.05) is 57.2 Å². The largest absolute Gasteiger partial charge is 0.489 e. The van der Waals surface area contributed by atoms with Crippen molar-refractivity contribution in [1.29, 1.82) is 0 Å². The van der Waals surface area contributed by atoms with Crippen LogP contribution in [-0.4, -0.2) is 52.3 Å². The molecule has 0 radical (unpaired) electrons. The van der Waals surface area contributed by atoms with Gasteiger partial charge in [-0.1, -0.05) is 23.2 Å². The number of H-pyrrole nitrogens is 2. The molecule has 0 saturated carbocycles. The highest BCUT2D eigenvalue weighted by atomic mass is 35.5. The zero-order valence-electron chi connectivity index (χ0n) is 18.7. The van der Waals surface area contributed by atoms with Gasteiger partial charge in [0.15, 0.2) is 5.75 Å². The van der Waals surface area contributed by atoms with Crippen LogP contribution in [0.5, 0.6) is 5.75 Å². The fourth-order valence-corrected chi connectivity index (χ4v) is 5.36. The number of aliphatic hydroxyl groups is 1. The van der Waals surface area contributed by atoms with Crippen molar-refractivity contribution in [1.82, 2.24) is 14.9 Å². The Bertz CT molecular complexity index is 1380. The highest BCUT2D eigenvalue weighted by Gasteiger charge is 2.19. The molecule has 0 unspecified atom stereocenters. The number of aromatic nitrogens is 2. The monoisotopic (exact) mass is 461 g/mol. The summed E-state index contributed by atoms with van der Waals surface area (Å²) in [5.41, 5.74) is 5.44. The van der Waals surface area contributed by atoms with E-state index in [9.17, 15) is 5.11 Å². The first-order chi connectivity index (χ1) is 16.1. The maximum atomic E-state index is 9.74. The van der Waals surface area contributed by atoms with Crippen molar-refractivity contribution in [3.05, 3.63) is 53.1 Å². The summed E-state index contributed by atoms with van der Waals surface area (Å²) in [7, 11) is 0. The molecule has 3 N–H and O–H groups in total. The molecule has 2 aromatic heterocycles. The van der Waals surface area contributed by atoms with Crippen LogP contribution in [0.2, 0.25) is 5.02 Å². The van der Waals surface area contributed by atoms with Gasteiger partial charge in [0.25, 0.3) is 0 Å². The molecule has 33 heavy (non-hydrogen) atoms. The van der Waals surface area contributed by atoms with E-state index in [1.165, 1.54) is 16.3 Å². The Morgan fingerprint density at radius 3 is 2.33 bits per heavy atom. The molecule has 6 rings (SSSR count). The van der Waals surface area contributed by atoms with Crippen LogP contribution in [0.15, 0.2) is 42.5 Å². The average Bonchev–Trinajstić information content (AvgIpc) is 3.35. The van der Waals surface area contributed by atoms with E-state index in [4.69, 9.17) is 16.3 Å². The van der Waals surface area contributed by atoms with E-state index in [2.05, 4.69) is 46.1 Å². The summed E-state index contributed by atoms with van der Waals surface area (Å²) in [6.07, 6.45) is 2.55. The molecule has 3 heterocycles. The van der Waals surface area contributed by atoms with Crippen molar-refractivity contribution in [3.63, 3.8) is 0 Å². The van der Waals surface area contributed by atoms with E-state index in [1.54, 1.807) is 0 Å². The average molecular weight is 462 g/mol. The smallest absolute Gasteiger partial charge is 0.167 e. The van der Waals surface area contributed by atoms with Crippen molar-refractivity contribution in [2.45, 2.75) is 32.3 Å². The number of nitrogens with one attached hydrogen (secondary N) is 2. The van der Waals surface area contributed by atoms with Crippen LogP contribution in [0.25, 0.3) is 43.6 Å². The minimum Gasteiger partial charge on any atom is -0.489 e. The van der Waals surface area contributed by atoms with Gasteiger partial charge in [-0.3, -0.25) is 0 Å². The zero-order valence-corrected chi connectivity index (χ0v) is 19.5. The number of fused-ring (bicyclic) bond motifs is 6. The van der Waals surface area contributed by atoms with Gasteiger partial charge in [-0.15, -0.1) is 0 Å². The number of piperidine rings is 1. The van der Waals surface area contributed by atoms with Gasteiger partial charge in [0.05, 0.1) is 23.7 Å². The van der Waals surface area contributed by atoms with Crippen LogP contribution in [0.1, 0.15) is 24.8 Å². The molecule has 0 aliphatic carbocycles. The molecule has 1 aliphatic rings. The van der Waals surface area contributed by atoms with Crippen molar-refractivity contribution in [3.8, 4) is 5.75 Å². The second-order valence-electron chi connectivity index (χ2n) is 9.31. The summed E-state index contributed by atoms with van der Waals surface area (Å²) in [5.74, 6) is 0.873. The van der Waals surface area contributed by atoms with E-state index in [0.717, 1.165) is 82.5 Å². The third-order valence-corrected chi connectivity index (χ3v) is 7.20. The van der Waals surface area contributed by atoms with E-state index < -0.39 is 0 Å². The standard InChI is InChI=1S/C27H28ClN3O2/c1-16-3-5-23-19(13-16)21-15-22-20-14-17(28)4-6-24(20)30-26(22)27(25(21)29-23)33-12-2-9-31-10-7-18(32)8-11-31/h3-6,13-15,18,29-30,32H,2,7-12H2,1H3. The van der Waals surface area contributed by atoms with Crippen LogP contribution >= 0.6 is 11.6 Å². The topological polar surface area (TPSA) is 64.3 Å². The minimum atomic E-state index is -0.135. The lowest BCUT2D eigenvalue weighted by molar-refractivity contribution is 0.0801. The zero-order chi connectivity index (χ0) is 22.5. The first-order valence-electron chi connectivity index (χ1n) is 11.8. The van der Waals surface area contributed by atoms with Crippen LogP contribution in [0, 0.1) is 6.92 Å². The summed E-state index contributed by atoms with van der Waals surface area (Å²) in [6.45, 7) is 5.67. The number of benzene rings is 3. The molecule has 0 atom stereocenters. The van der Waals surface area contributed by atoms with Crippen LogP contribution < -0.4 is 4.74 Å². The molecule has 0 bridgehead atoms. The molecule has 5 aromatic rings. The highest BCUT2D eigenvalue weighted by molar-refractivity contribution is 6.32. The number of aromatic amines is 2. The molecule has 6 heteroatoms. The summed E-state index contributed by atoms with van der Waals surface area (Å²) in [5, 5.41) is 15.1. The molecule has 170 valence electrons. The van der Waals surface area contributed by atoms with Crippen LogP contribution in [-0.2, 0) is 0 Å². The molecule has 0 spiro atoms. The maximum absolute atomic E-state index is 9.74. The number of hydrogen-bond donors (Lipinski definition) is 3. The van der Waals surface area contributed by atoms with E-state index in [-0.39, 0.29) is 6.10 Å². The van der Waals surface area contributed by atoms with Crippen LogP contribution in [0.3, 0.4) is 0 Å².